The van der Waals surface area contributed by atoms with Crippen molar-refractivity contribution < 1.29 is 19.1 Å². The van der Waals surface area contributed by atoms with Crippen LogP contribution in [0.4, 0.5) is 5.69 Å². The fourth-order valence-electron chi connectivity index (χ4n) is 8.12. The second-order valence-corrected chi connectivity index (χ2v) is 13.1. The van der Waals surface area contributed by atoms with Gasteiger partial charge in [0.2, 0.25) is 17.7 Å². The Hall–Kier alpha value is -2.67. The normalized spacial score (nSPS) is 41.0. The van der Waals surface area contributed by atoms with Gasteiger partial charge in [-0.1, -0.05) is 57.9 Å². The molecule has 3 amide bonds. The summed E-state index contributed by atoms with van der Waals surface area (Å²) in [6.45, 7) is 8.71. The van der Waals surface area contributed by atoms with Crippen LogP contribution in [-0.4, -0.2) is 52.5 Å². The van der Waals surface area contributed by atoms with E-state index in [0.29, 0.717) is 23.4 Å². The molecule has 0 radical (unpaired) electrons. The van der Waals surface area contributed by atoms with E-state index in [1.54, 1.807) is 0 Å². The molecule has 1 aromatic rings. The van der Waals surface area contributed by atoms with Gasteiger partial charge < -0.3 is 20.3 Å². The van der Waals surface area contributed by atoms with E-state index in [2.05, 4.69) is 31.4 Å². The van der Waals surface area contributed by atoms with Gasteiger partial charge in [0.15, 0.2) is 0 Å². The van der Waals surface area contributed by atoms with Gasteiger partial charge in [-0.3, -0.25) is 14.4 Å². The van der Waals surface area contributed by atoms with Gasteiger partial charge in [0.25, 0.3) is 0 Å². The number of carbonyl (C=O) groups is 3. The van der Waals surface area contributed by atoms with Crippen molar-refractivity contribution >= 4 is 23.4 Å². The Balaban J connectivity index is 1.32. The third kappa shape index (κ3) is 4.41. The molecule has 2 N–H and O–H groups in total. The zero-order chi connectivity index (χ0) is 27.5. The van der Waals surface area contributed by atoms with Crippen LogP contribution in [0.3, 0.4) is 0 Å². The average molecular weight is 534 g/mol. The molecule has 210 valence electrons. The lowest BCUT2D eigenvalue weighted by Crippen LogP contribution is -2.59. The fraction of sp³-hybridized carbons (Fsp3) is 0.656. The molecule has 39 heavy (non-hydrogen) atoms. The molecule has 4 fully saturated rings. The second kappa shape index (κ2) is 10.1. The first-order chi connectivity index (χ1) is 18.7. The van der Waals surface area contributed by atoms with Gasteiger partial charge in [-0.2, -0.15) is 0 Å². The Morgan fingerprint density at radius 2 is 1.79 bits per heavy atom. The molecule has 2 bridgehead atoms. The van der Waals surface area contributed by atoms with Crippen molar-refractivity contribution in [2.45, 2.75) is 102 Å². The molecule has 6 rings (SSSR count). The molecule has 3 heterocycles. The summed E-state index contributed by atoms with van der Waals surface area (Å²) in [6.07, 6.45) is 10.4. The van der Waals surface area contributed by atoms with Crippen LogP contribution in [-0.2, 0) is 19.1 Å². The van der Waals surface area contributed by atoms with Gasteiger partial charge in [-0.15, -0.1) is 0 Å². The van der Waals surface area contributed by atoms with E-state index in [-0.39, 0.29) is 29.8 Å². The number of carbonyl (C=O) groups excluding carboxylic acids is 3. The second-order valence-electron chi connectivity index (χ2n) is 13.1. The van der Waals surface area contributed by atoms with Crippen LogP contribution in [0.2, 0.25) is 0 Å². The van der Waals surface area contributed by atoms with Crippen molar-refractivity contribution in [3.05, 3.63) is 42.0 Å². The van der Waals surface area contributed by atoms with Gasteiger partial charge in [-0.05, 0) is 74.5 Å². The lowest BCUT2D eigenvalue weighted by atomic mass is 9.73. The molecule has 5 aliphatic rings. The lowest BCUT2D eigenvalue weighted by molar-refractivity contribution is -0.145. The first-order valence-electron chi connectivity index (χ1n) is 15.1. The summed E-state index contributed by atoms with van der Waals surface area (Å²) < 4.78 is 6.57. The van der Waals surface area contributed by atoms with Gasteiger partial charge in [0.1, 0.15) is 11.6 Å². The standard InChI is InChI=1S/C32H43N3O4/c1-18-11-13-23(14-12-18)35-28(30(37)34-24-10-6-8-20(3)21(24)4)32-16-15-25(39-32)26(27(32)31(35)38)29(36)33-22-9-5-7-19(2)17-22/h5,7,9,15-18,20-21,23-28H,6,8,10-14H2,1-4H3,(H,33,36)(H,34,37)/t18?,20?,21?,23?,24?,25-,26?,27-,28?,32?/m0/s1. The molecule has 1 spiro atoms. The van der Waals surface area contributed by atoms with Gasteiger partial charge in [0.05, 0.1) is 17.9 Å². The molecule has 8 atom stereocenters. The molecular weight excluding hydrogens is 490 g/mol. The molecule has 2 saturated heterocycles. The van der Waals surface area contributed by atoms with Crippen LogP contribution in [0, 0.1) is 36.5 Å². The number of nitrogens with one attached hydrogen (secondary N) is 2. The Labute approximate surface area is 232 Å². The van der Waals surface area contributed by atoms with E-state index < -0.39 is 29.6 Å². The average Bonchev–Trinajstić information content (AvgIpc) is 3.55. The minimum absolute atomic E-state index is 0.0105. The van der Waals surface area contributed by atoms with Crippen LogP contribution in [0.15, 0.2) is 36.4 Å². The first kappa shape index (κ1) is 26.5. The van der Waals surface area contributed by atoms with E-state index in [1.807, 2.05) is 48.2 Å². The number of hydrogen-bond acceptors (Lipinski definition) is 4. The van der Waals surface area contributed by atoms with E-state index >= 15 is 0 Å². The maximum Gasteiger partial charge on any atom is 0.246 e. The number of amides is 3. The van der Waals surface area contributed by atoms with Crippen LogP contribution in [0.25, 0.3) is 0 Å². The highest BCUT2D eigenvalue weighted by molar-refractivity contribution is 6.03. The number of fused-ring (bicyclic) bond motifs is 1. The summed E-state index contributed by atoms with van der Waals surface area (Å²) in [5.41, 5.74) is 0.651. The number of aryl methyl sites for hydroxylation is 1. The third-order valence-electron chi connectivity index (χ3n) is 10.6. The van der Waals surface area contributed by atoms with E-state index in [9.17, 15) is 14.4 Å². The first-order valence-corrected chi connectivity index (χ1v) is 15.1. The quantitative estimate of drug-likeness (QED) is 0.542. The number of rotatable bonds is 5. The molecule has 2 saturated carbocycles. The number of ether oxygens (including phenoxy) is 1. The summed E-state index contributed by atoms with van der Waals surface area (Å²) in [6, 6.07) is 6.99. The number of nitrogens with zero attached hydrogens (tertiary/aromatic N) is 1. The predicted octanol–water partition coefficient (Wildman–Crippen LogP) is 4.60. The molecule has 6 unspecified atom stereocenters. The maximum absolute atomic E-state index is 14.3. The zero-order valence-electron chi connectivity index (χ0n) is 23.7. The van der Waals surface area contributed by atoms with Gasteiger partial charge in [0, 0.05) is 17.8 Å². The highest BCUT2D eigenvalue weighted by atomic mass is 16.5. The van der Waals surface area contributed by atoms with Gasteiger partial charge >= 0.3 is 0 Å². The monoisotopic (exact) mass is 533 g/mol. The number of anilines is 1. The Kier molecular flexibility index (Phi) is 6.85. The van der Waals surface area contributed by atoms with Crippen molar-refractivity contribution in [2.24, 2.45) is 29.6 Å². The van der Waals surface area contributed by atoms with Crippen LogP contribution >= 0.6 is 0 Å². The molecular formula is C32H43N3O4. The molecule has 7 heteroatoms. The summed E-state index contributed by atoms with van der Waals surface area (Å²) in [5.74, 6) is -0.270. The van der Waals surface area contributed by atoms with E-state index in [0.717, 1.165) is 44.1 Å². The van der Waals surface area contributed by atoms with Crippen molar-refractivity contribution in [1.29, 1.82) is 0 Å². The predicted molar refractivity (Wildman–Crippen MR) is 150 cm³/mol. The molecule has 1 aromatic carbocycles. The molecule has 3 aliphatic heterocycles. The number of likely N-dealkylation sites (tertiary alicyclic amines) is 1. The summed E-state index contributed by atoms with van der Waals surface area (Å²) in [5, 5.41) is 6.41. The Morgan fingerprint density at radius 1 is 1.03 bits per heavy atom. The maximum atomic E-state index is 14.3. The van der Waals surface area contributed by atoms with E-state index in [1.165, 1.54) is 6.42 Å². The zero-order valence-corrected chi connectivity index (χ0v) is 23.7. The van der Waals surface area contributed by atoms with Crippen LogP contribution in [0.1, 0.15) is 71.3 Å². The Bertz CT molecular complexity index is 1170. The summed E-state index contributed by atoms with van der Waals surface area (Å²) in [4.78, 5) is 44.1. The lowest BCUT2D eigenvalue weighted by Gasteiger charge is -2.41. The van der Waals surface area contributed by atoms with Gasteiger partial charge in [-0.25, -0.2) is 0 Å². The van der Waals surface area contributed by atoms with E-state index in [4.69, 9.17) is 4.74 Å². The Morgan fingerprint density at radius 3 is 2.54 bits per heavy atom. The van der Waals surface area contributed by atoms with Crippen molar-refractivity contribution in [1.82, 2.24) is 10.2 Å². The highest BCUT2D eigenvalue weighted by Crippen LogP contribution is 2.56. The van der Waals surface area contributed by atoms with Crippen molar-refractivity contribution in [3.8, 4) is 0 Å². The third-order valence-corrected chi connectivity index (χ3v) is 10.6. The minimum atomic E-state index is -1.10. The SMILES string of the molecule is Cc1cccc(NC(=O)C2[C@@H]3C=CC4(O3)C(C(=O)NC3CCCC(C)C3C)N(C3CCC(C)CC3)C(=O)[C@H]24)c1. The topological polar surface area (TPSA) is 87.7 Å². The number of hydrogen-bond donors (Lipinski definition) is 2. The molecule has 0 aromatic heterocycles. The molecule has 7 nitrogen and oxygen atoms in total. The summed E-state index contributed by atoms with van der Waals surface area (Å²) >= 11 is 0. The van der Waals surface area contributed by atoms with Crippen molar-refractivity contribution in [2.75, 3.05) is 5.32 Å². The molecule has 2 aliphatic carbocycles. The highest BCUT2D eigenvalue weighted by Gasteiger charge is 2.73. The van der Waals surface area contributed by atoms with Crippen LogP contribution < -0.4 is 10.6 Å². The number of benzene rings is 1. The van der Waals surface area contributed by atoms with Crippen LogP contribution in [0.5, 0.6) is 0 Å². The fourth-order valence-corrected chi connectivity index (χ4v) is 8.12. The smallest absolute Gasteiger partial charge is 0.246 e. The largest absolute Gasteiger partial charge is 0.359 e. The van der Waals surface area contributed by atoms with Crippen molar-refractivity contribution in [3.63, 3.8) is 0 Å². The summed E-state index contributed by atoms with van der Waals surface area (Å²) in [7, 11) is 0. The minimum Gasteiger partial charge on any atom is -0.359 e.